The van der Waals surface area contributed by atoms with Crippen LogP contribution in [0.25, 0.3) is 0 Å². The number of anilines is 1. The molecule has 1 amide bonds. The number of amides is 1. The fourth-order valence-corrected chi connectivity index (χ4v) is 2.91. The Labute approximate surface area is 161 Å². The van der Waals surface area contributed by atoms with Crippen LogP contribution in [0.1, 0.15) is 25.3 Å². The van der Waals surface area contributed by atoms with Crippen LogP contribution in [0.5, 0.6) is 0 Å². The smallest absolute Gasteiger partial charge is 0.241 e. The topological polar surface area (TPSA) is 90.9 Å². The molecule has 0 unspecified atom stereocenters. The van der Waals surface area contributed by atoms with E-state index in [0.717, 1.165) is 38.3 Å². The van der Waals surface area contributed by atoms with Crippen molar-refractivity contribution in [3.63, 3.8) is 0 Å². The zero-order valence-corrected chi connectivity index (χ0v) is 16.6. The number of ether oxygens (including phenoxy) is 1. The molecule has 0 atom stereocenters. The van der Waals surface area contributed by atoms with Crippen molar-refractivity contribution in [2.24, 2.45) is 4.99 Å². The Morgan fingerprint density at radius 3 is 2.74 bits per heavy atom. The van der Waals surface area contributed by atoms with Gasteiger partial charge in [-0.1, -0.05) is 6.07 Å². The summed E-state index contributed by atoms with van der Waals surface area (Å²) < 4.78 is 4.92. The first-order valence-electron chi connectivity index (χ1n) is 9.60. The van der Waals surface area contributed by atoms with Gasteiger partial charge in [-0.15, -0.1) is 0 Å². The highest BCUT2D eigenvalue weighted by Crippen LogP contribution is 2.17. The second-order valence-electron chi connectivity index (χ2n) is 6.64. The Morgan fingerprint density at radius 1 is 1.33 bits per heavy atom. The van der Waals surface area contributed by atoms with E-state index >= 15 is 0 Å². The molecule has 2 heterocycles. The van der Waals surface area contributed by atoms with Crippen molar-refractivity contribution in [2.75, 3.05) is 51.3 Å². The lowest BCUT2D eigenvalue weighted by Crippen LogP contribution is -2.49. The number of aryl methyl sites for hydroxylation is 1. The number of piperidine rings is 1. The Morgan fingerprint density at radius 2 is 2.11 bits per heavy atom. The van der Waals surface area contributed by atoms with E-state index in [2.05, 4.69) is 43.0 Å². The minimum Gasteiger partial charge on any atom is -0.383 e. The van der Waals surface area contributed by atoms with E-state index in [-0.39, 0.29) is 12.5 Å². The molecular weight excluding hydrogens is 344 g/mol. The maximum absolute atomic E-state index is 11.8. The van der Waals surface area contributed by atoms with Crippen LogP contribution in [0.3, 0.4) is 0 Å². The highest BCUT2D eigenvalue weighted by molar-refractivity contribution is 5.85. The molecule has 0 saturated carbocycles. The summed E-state index contributed by atoms with van der Waals surface area (Å²) in [6, 6.07) is 4.51. The fourth-order valence-electron chi connectivity index (χ4n) is 2.91. The number of methoxy groups -OCH3 is 1. The third-order valence-corrected chi connectivity index (χ3v) is 4.41. The van der Waals surface area contributed by atoms with Crippen LogP contribution in [0.2, 0.25) is 0 Å². The first-order chi connectivity index (χ1) is 13.1. The molecule has 1 aromatic rings. The van der Waals surface area contributed by atoms with Gasteiger partial charge in [0.25, 0.3) is 0 Å². The summed E-state index contributed by atoms with van der Waals surface area (Å²) in [5, 5.41) is 9.43. The van der Waals surface area contributed by atoms with E-state index < -0.39 is 0 Å². The van der Waals surface area contributed by atoms with Gasteiger partial charge >= 0.3 is 0 Å². The number of carbonyl (C=O) groups excluding carboxylic acids is 1. The molecule has 0 aliphatic carbocycles. The van der Waals surface area contributed by atoms with Crippen molar-refractivity contribution >= 4 is 17.7 Å². The zero-order valence-electron chi connectivity index (χ0n) is 16.6. The van der Waals surface area contributed by atoms with E-state index in [1.54, 1.807) is 7.11 Å². The summed E-state index contributed by atoms with van der Waals surface area (Å²) in [6.45, 7) is 7.82. The number of hydrogen-bond donors (Lipinski definition) is 3. The molecular formula is C19H32N6O2. The van der Waals surface area contributed by atoms with Crippen molar-refractivity contribution in [2.45, 2.75) is 32.7 Å². The number of guanidine groups is 1. The lowest BCUT2D eigenvalue weighted by Gasteiger charge is -2.33. The Hall–Kier alpha value is -2.35. The van der Waals surface area contributed by atoms with Crippen LogP contribution in [0, 0.1) is 6.92 Å². The number of nitrogens with one attached hydrogen (secondary N) is 3. The molecule has 1 aliphatic heterocycles. The highest BCUT2D eigenvalue weighted by Gasteiger charge is 2.20. The van der Waals surface area contributed by atoms with Crippen molar-refractivity contribution in [3.8, 4) is 0 Å². The van der Waals surface area contributed by atoms with Gasteiger partial charge in [-0.25, -0.2) is 9.98 Å². The zero-order chi connectivity index (χ0) is 19.5. The Kier molecular flexibility index (Phi) is 8.83. The third kappa shape index (κ3) is 7.42. The first kappa shape index (κ1) is 21.0. The van der Waals surface area contributed by atoms with Crippen LogP contribution >= 0.6 is 0 Å². The van der Waals surface area contributed by atoms with Gasteiger partial charge < -0.3 is 25.6 Å². The summed E-state index contributed by atoms with van der Waals surface area (Å²) in [6.07, 6.45) is 3.91. The largest absolute Gasteiger partial charge is 0.383 e. The van der Waals surface area contributed by atoms with Gasteiger partial charge in [-0.3, -0.25) is 4.79 Å². The van der Waals surface area contributed by atoms with E-state index in [0.29, 0.717) is 25.2 Å². The quantitative estimate of drug-likeness (QED) is 0.351. The number of nitrogens with zero attached hydrogens (tertiary/aromatic N) is 3. The molecule has 1 aliphatic rings. The van der Waals surface area contributed by atoms with Gasteiger partial charge in [0.1, 0.15) is 12.4 Å². The van der Waals surface area contributed by atoms with Crippen LogP contribution < -0.4 is 20.9 Å². The number of aliphatic imine (C=N–C) groups is 1. The van der Waals surface area contributed by atoms with E-state index in [1.807, 2.05) is 20.0 Å². The lowest BCUT2D eigenvalue weighted by atomic mass is 10.1. The predicted octanol–water partition coefficient (Wildman–Crippen LogP) is 0.677. The summed E-state index contributed by atoms with van der Waals surface area (Å²) in [5.41, 5.74) is 1.17. The predicted molar refractivity (Wildman–Crippen MR) is 108 cm³/mol. The summed E-state index contributed by atoms with van der Waals surface area (Å²) in [4.78, 5) is 23.0. The van der Waals surface area contributed by atoms with Gasteiger partial charge in [0.05, 0.1) is 6.61 Å². The number of rotatable bonds is 8. The number of carbonyl (C=O) groups is 1. The summed E-state index contributed by atoms with van der Waals surface area (Å²) in [5.74, 6) is 1.61. The minimum absolute atomic E-state index is 0.102. The average molecular weight is 377 g/mol. The fraction of sp³-hybridized carbons (Fsp3) is 0.632. The number of aromatic nitrogens is 1. The van der Waals surface area contributed by atoms with Crippen LogP contribution in [-0.4, -0.2) is 69.3 Å². The molecule has 0 aromatic carbocycles. The number of pyridine rings is 1. The second-order valence-corrected chi connectivity index (χ2v) is 6.64. The van der Waals surface area contributed by atoms with E-state index in [4.69, 9.17) is 4.74 Å². The van der Waals surface area contributed by atoms with E-state index in [9.17, 15) is 4.79 Å². The maximum atomic E-state index is 11.8. The first-order valence-corrected chi connectivity index (χ1v) is 9.60. The third-order valence-electron chi connectivity index (χ3n) is 4.41. The molecule has 8 heteroatoms. The van der Waals surface area contributed by atoms with Crippen molar-refractivity contribution < 1.29 is 9.53 Å². The van der Waals surface area contributed by atoms with Crippen molar-refractivity contribution in [3.05, 3.63) is 23.9 Å². The van der Waals surface area contributed by atoms with Crippen LogP contribution in [-0.2, 0) is 9.53 Å². The highest BCUT2D eigenvalue weighted by atomic mass is 16.5. The van der Waals surface area contributed by atoms with E-state index in [1.165, 1.54) is 5.56 Å². The van der Waals surface area contributed by atoms with Crippen molar-refractivity contribution in [1.29, 1.82) is 0 Å². The maximum Gasteiger partial charge on any atom is 0.241 e. The van der Waals surface area contributed by atoms with Gasteiger partial charge in [0.2, 0.25) is 5.91 Å². The molecule has 150 valence electrons. The molecule has 1 saturated heterocycles. The summed E-state index contributed by atoms with van der Waals surface area (Å²) in [7, 11) is 1.61. The lowest BCUT2D eigenvalue weighted by molar-refractivity contribution is -0.119. The number of hydrogen-bond acceptors (Lipinski definition) is 5. The van der Waals surface area contributed by atoms with Crippen molar-refractivity contribution in [1.82, 2.24) is 20.9 Å². The minimum atomic E-state index is -0.107. The van der Waals surface area contributed by atoms with Gasteiger partial charge in [-0.05, 0) is 38.3 Å². The normalized spacial score (nSPS) is 15.5. The van der Waals surface area contributed by atoms with Crippen LogP contribution in [0.4, 0.5) is 5.82 Å². The molecule has 2 rings (SSSR count). The van der Waals surface area contributed by atoms with Gasteiger partial charge in [0, 0.05) is 45.5 Å². The van der Waals surface area contributed by atoms with Gasteiger partial charge in [-0.2, -0.15) is 0 Å². The molecule has 0 bridgehead atoms. The molecule has 3 N–H and O–H groups in total. The Balaban J connectivity index is 1.80. The molecule has 8 nitrogen and oxygen atoms in total. The molecule has 1 fully saturated rings. The molecule has 1 aromatic heterocycles. The molecule has 27 heavy (non-hydrogen) atoms. The standard InChI is InChI=1S/C19H32N6O2/c1-4-20-19(23-14-18(26)21-9-12-27-3)24-16-7-10-25(11-8-16)17-6-5-15(2)13-22-17/h5-6,13,16H,4,7-12,14H2,1-3H3,(H,21,26)(H2,20,23,24). The molecule has 0 spiro atoms. The summed E-state index contributed by atoms with van der Waals surface area (Å²) >= 11 is 0. The molecule has 0 radical (unpaired) electrons. The van der Waals surface area contributed by atoms with Gasteiger partial charge in [0.15, 0.2) is 5.96 Å². The second kappa shape index (κ2) is 11.4. The Bertz CT molecular complexity index is 597. The van der Waals surface area contributed by atoms with Crippen LogP contribution in [0.15, 0.2) is 23.3 Å². The SMILES string of the molecule is CCNC(=NCC(=O)NCCOC)NC1CCN(c2ccc(C)cn2)CC1. The average Bonchev–Trinajstić information content (AvgIpc) is 2.68. The monoisotopic (exact) mass is 376 g/mol.